The van der Waals surface area contributed by atoms with E-state index in [2.05, 4.69) is 29.2 Å². The normalized spacial score (nSPS) is 21.1. The number of nitrogens with one attached hydrogen (secondary N) is 1. The molecule has 29 heavy (non-hydrogen) atoms. The van der Waals surface area contributed by atoms with Gasteiger partial charge < -0.3 is 10.1 Å². The number of carbonyl (C=O) groups excluding carboxylic acids is 2. The molecule has 1 saturated heterocycles. The number of fused-ring (bicyclic) bond motifs is 1. The first kappa shape index (κ1) is 21.6. The van der Waals surface area contributed by atoms with Gasteiger partial charge in [0, 0.05) is 32.6 Å². The lowest BCUT2D eigenvalue weighted by atomic mass is 9.93. The Hall–Kier alpha value is -2.12. The number of hydrogen-bond donors (Lipinski definition) is 1. The molecule has 3 rings (SSSR count). The summed E-state index contributed by atoms with van der Waals surface area (Å²) in [7, 11) is 0. The molecule has 2 aliphatic heterocycles. The van der Waals surface area contributed by atoms with Crippen LogP contribution in [-0.4, -0.2) is 70.8 Å². The van der Waals surface area contributed by atoms with Gasteiger partial charge in [-0.3, -0.25) is 9.69 Å². The molecule has 1 atom stereocenters. The van der Waals surface area contributed by atoms with Crippen LogP contribution in [0.4, 0.5) is 4.79 Å². The Morgan fingerprint density at radius 2 is 1.66 bits per heavy atom. The van der Waals surface area contributed by atoms with Crippen molar-refractivity contribution in [3.63, 3.8) is 0 Å². The van der Waals surface area contributed by atoms with E-state index >= 15 is 0 Å². The van der Waals surface area contributed by atoms with Gasteiger partial charge in [0.15, 0.2) is 0 Å². The minimum atomic E-state index is -0.607. The SMILES string of the molecule is CCN1CC(NC(=O)C2Cc3ccccc3CN2C(=O)OC(C)(C)C)CN1CC. The molecule has 0 saturated carbocycles. The molecule has 1 N–H and O–H groups in total. The number of ether oxygens (including phenoxy) is 1. The highest BCUT2D eigenvalue weighted by atomic mass is 16.6. The monoisotopic (exact) mass is 402 g/mol. The fourth-order valence-corrected chi connectivity index (χ4v) is 4.11. The number of hydrogen-bond acceptors (Lipinski definition) is 5. The maximum atomic E-state index is 13.2. The van der Waals surface area contributed by atoms with Crippen LogP contribution in [0.3, 0.4) is 0 Å². The number of nitrogens with zero attached hydrogens (tertiary/aromatic N) is 3. The minimum Gasteiger partial charge on any atom is -0.444 e. The third-order valence-corrected chi connectivity index (χ3v) is 5.52. The smallest absolute Gasteiger partial charge is 0.411 e. The highest BCUT2D eigenvalue weighted by Crippen LogP contribution is 2.26. The van der Waals surface area contributed by atoms with Crippen LogP contribution in [0.1, 0.15) is 45.7 Å². The molecular formula is C22H34N4O3. The van der Waals surface area contributed by atoms with Gasteiger partial charge in [-0.2, -0.15) is 0 Å². The number of rotatable bonds is 4. The van der Waals surface area contributed by atoms with Crippen molar-refractivity contribution < 1.29 is 14.3 Å². The van der Waals surface area contributed by atoms with Crippen LogP contribution < -0.4 is 5.32 Å². The molecule has 1 unspecified atom stereocenters. The molecule has 2 aliphatic rings. The van der Waals surface area contributed by atoms with Crippen molar-refractivity contribution >= 4 is 12.0 Å². The first-order valence-corrected chi connectivity index (χ1v) is 10.6. The molecule has 0 aliphatic carbocycles. The fraction of sp³-hybridized carbons (Fsp3) is 0.636. The van der Waals surface area contributed by atoms with Crippen molar-refractivity contribution in [2.75, 3.05) is 26.2 Å². The van der Waals surface area contributed by atoms with Crippen molar-refractivity contribution in [2.24, 2.45) is 0 Å². The average molecular weight is 403 g/mol. The first-order valence-electron chi connectivity index (χ1n) is 10.6. The zero-order valence-electron chi connectivity index (χ0n) is 18.3. The second-order valence-electron chi connectivity index (χ2n) is 8.81. The highest BCUT2D eigenvalue weighted by molar-refractivity contribution is 5.87. The van der Waals surface area contributed by atoms with E-state index in [0.29, 0.717) is 13.0 Å². The summed E-state index contributed by atoms with van der Waals surface area (Å²) >= 11 is 0. The largest absolute Gasteiger partial charge is 0.444 e. The van der Waals surface area contributed by atoms with Gasteiger partial charge in [0.25, 0.3) is 0 Å². The topological polar surface area (TPSA) is 65.1 Å². The van der Waals surface area contributed by atoms with Gasteiger partial charge >= 0.3 is 6.09 Å². The average Bonchev–Trinajstić information content (AvgIpc) is 3.07. The van der Waals surface area contributed by atoms with E-state index in [4.69, 9.17) is 4.74 Å². The molecule has 0 aromatic heterocycles. The first-order chi connectivity index (χ1) is 13.7. The third-order valence-electron chi connectivity index (χ3n) is 5.52. The van der Waals surface area contributed by atoms with Gasteiger partial charge in [0.05, 0.1) is 12.6 Å². The molecule has 2 amide bonds. The minimum absolute atomic E-state index is 0.0556. The zero-order chi connectivity index (χ0) is 21.2. The lowest BCUT2D eigenvalue weighted by Gasteiger charge is -2.37. The molecule has 0 radical (unpaired) electrons. The molecule has 0 bridgehead atoms. The van der Waals surface area contributed by atoms with Gasteiger partial charge in [-0.25, -0.2) is 14.8 Å². The predicted octanol–water partition coefficient (Wildman–Crippen LogP) is 2.41. The molecule has 7 heteroatoms. The Labute approximate surface area is 173 Å². The van der Waals surface area contributed by atoms with Gasteiger partial charge in [-0.15, -0.1) is 0 Å². The Kier molecular flexibility index (Phi) is 6.49. The van der Waals surface area contributed by atoms with E-state index in [-0.39, 0.29) is 11.9 Å². The van der Waals surface area contributed by atoms with Crippen LogP contribution >= 0.6 is 0 Å². The summed E-state index contributed by atoms with van der Waals surface area (Å²) in [6.07, 6.45) is 0.0621. The molecular weight excluding hydrogens is 368 g/mol. The van der Waals surface area contributed by atoms with Crippen molar-refractivity contribution in [2.45, 2.75) is 65.3 Å². The summed E-state index contributed by atoms with van der Waals surface area (Å²) in [5.74, 6) is -0.107. The van der Waals surface area contributed by atoms with Crippen LogP contribution in [0.25, 0.3) is 0 Å². The Bertz CT molecular complexity index is 734. The van der Waals surface area contributed by atoms with E-state index in [9.17, 15) is 9.59 Å². The third kappa shape index (κ3) is 5.08. The quantitative estimate of drug-likeness (QED) is 0.838. The van der Waals surface area contributed by atoms with E-state index < -0.39 is 17.7 Å². The number of amides is 2. The number of likely N-dealkylation sites (N-methyl/N-ethyl adjacent to an activating group) is 2. The van der Waals surface area contributed by atoms with E-state index in [1.165, 1.54) is 0 Å². The maximum absolute atomic E-state index is 13.2. The number of hydrazine groups is 1. The van der Waals surface area contributed by atoms with Crippen molar-refractivity contribution in [3.05, 3.63) is 35.4 Å². The van der Waals surface area contributed by atoms with Gasteiger partial charge in [0.2, 0.25) is 5.91 Å². The van der Waals surface area contributed by atoms with Crippen LogP contribution in [0.5, 0.6) is 0 Å². The van der Waals surface area contributed by atoms with Crippen LogP contribution in [0, 0.1) is 0 Å². The Balaban J connectivity index is 1.76. The second kappa shape index (κ2) is 8.71. The molecule has 7 nitrogen and oxygen atoms in total. The van der Waals surface area contributed by atoms with Crippen LogP contribution in [-0.2, 0) is 22.5 Å². The summed E-state index contributed by atoms with van der Waals surface area (Å²) in [6.45, 7) is 13.6. The summed E-state index contributed by atoms with van der Waals surface area (Å²) in [6, 6.07) is 7.48. The molecule has 2 heterocycles. The van der Waals surface area contributed by atoms with Crippen molar-refractivity contribution in [3.8, 4) is 0 Å². The summed E-state index contributed by atoms with van der Waals surface area (Å²) in [4.78, 5) is 27.7. The highest BCUT2D eigenvalue weighted by Gasteiger charge is 2.38. The molecule has 1 aromatic carbocycles. The van der Waals surface area contributed by atoms with Gasteiger partial charge in [0.1, 0.15) is 11.6 Å². The van der Waals surface area contributed by atoms with Crippen LogP contribution in [0.15, 0.2) is 24.3 Å². The van der Waals surface area contributed by atoms with Crippen LogP contribution in [0.2, 0.25) is 0 Å². The van der Waals surface area contributed by atoms with E-state index in [1.54, 1.807) is 4.90 Å². The fourth-order valence-electron chi connectivity index (χ4n) is 4.11. The van der Waals surface area contributed by atoms with E-state index in [0.717, 1.165) is 37.3 Å². The van der Waals surface area contributed by atoms with E-state index in [1.807, 2.05) is 45.0 Å². The van der Waals surface area contributed by atoms with Gasteiger partial charge in [-0.05, 0) is 31.9 Å². The standard InChI is InChI=1S/C22H34N4O3/c1-6-24-14-18(15-25(24)7-2)23-20(27)19-12-16-10-8-9-11-17(16)13-26(19)21(28)29-22(3,4)5/h8-11,18-19H,6-7,12-15H2,1-5H3,(H,23,27). The maximum Gasteiger partial charge on any atom is 0.411 e. The molecule has 160 valence electrons. The molecule has 1 fully saturated rings. The number of carbonyl (C=O) groups is 2. The summed E-state index contributed by atoms with van der Waals surface area (Å²) in [5, 5.41) is 7.70. The zero-order valence-corrected chi connectivity index (χ0v) is 18.3. The van der Waals surface area contributed by atoms with Crippen molar-refractivity contribution in [1.29, 1.82) is 0 Å². The lowest BCUT2D eigenvalue weighted by molar-refractivity contribution is -0.127. The summed E-state index contributed by atoms with van der Waals surface area (Å²) < 4.78 is 5.60. The predicted molar refractivity (Wildman–Crippen MR) is 112 cm³/mol. The Morgan fingerprint density at radius 3 is 2.21 bits per heavy atom. The van der Waals surface area contributed by atoms with Crippen molar-refractivity contribution in [1.82, 2.24) is 20.2 Å². The number of benzene rings is 1. The Morgan fingerprint density at radius 1 is 1.07 bits per heavy atom. The molecule has 0 spiro atoms. The molecule has 1 aromatic rings. The second-order valence-corrected chi connectivity index (χ2v) is 8.81. The lowest BCUT2D eigenvalue weighted by Crippen LogP contribution is -2.55. The summed E-state index contributed by atoms with van der Waals surface area (Å²) in [5.41, 5.74) is 1.57. The van der Waals surface area contributed by atoms with Gasteiger partial charge in [-0.1, -0.05) is 38.1 Å².